The molecule has 3 rings (SSSR count). The first-order chi connectivity index (χ1) is 12.9. The van der Waals surface area contributed by atoms with E-state index in [0.29, 0.717) is 11.3 Å². The molecule has 2 N–H and O–H groups in total. The van der Waals surface area contributed by atoms with E-state index in [1.807, 2.05) is 0 Å². The normalized spacial score (nSPS) is 16.0. The molecule has 0 radical (unpaired) electrons. The lowest BCUT2D eigenvalue weighted by Gasteiger charge is -2.35. The van der Waals surface area contributed by atoms with Gasteiger partial charge < -0.3 is 19.8 Å². The highest BCUT2D eigenvalue weighted by Crippen LogP contribution is 2.24. The third-order valence-corrected chi connectivity index (χ3v) is 4.65. The van der Waals surface area contributed by atoms with E-state index in [4.69, 9.17) is 9.84 Å². The molecule has 2 aromatic rings. The van der Waals surface area contributed by atoms with E-state index in [2.05, 4.69) is 0 Å². The molecule has 1 amide bonds. The van der Waals surface area contributed by atoms with Crippen molar-refractivity contribution in [3.63, 3.8) is 0 Å². The highest BCUT2D eigenvalue weighted by atomic mass is 19.1. The molecule has 2 aromatic carbocycles. The molecule has 1 aliphatic rings. The zero-order chi connectivity index (χ0) is 19.4. The molecule has 6 nitrogen and oxygen atoms in total. The summed E-state index contributed by atoms with van der Waals surface area (Å²) in [5.41, 5.74) is -0.558. The number of carboxylic acid groups (broad SMARTS) is 1. The minimum Gasteiger partial charge on any atom is -0.489 e. The molecule has 0 atom stereocenters. The number of benzene rings is 2. The molecule has 0 spiro atoms. The van der Waals surface area contributed by atoms with Crippen molar-refractivity contribution < 1.29 is 28.9 Å². The summed E-state index contributed by atoms with van der Waals surface area (Å²) in [6.45, 7) is 0.528. The first-order valence-corrected chi connectivity index (χ1v) is 8.60. The van der Waals surface area contributed by atoms with Gasteiger partial charge in [-0.3, -0.25) is 4.79 Å². The van der Waals surface area contributed by atoms with Gasteiger partial charge in [0.25, 0.3) is 5.91 Å². The van der Waals surface area contributed by atoms with Gasteiger partial charge in [0.15, 0.2) is 5.60 Å². The summed E-state index contributed by atoms with van der Waals surface area (Å²) in [5, 5.41) is 19.0. The number of piperidine rings is 1. The third-order valence-electron chi connectivity index (χ3n) is 4.65. The lowest BCUT2D eigenvalue weighted by Crippen LogP contribution is -2.50. The van der Waals surface area contributed by atoms with E-state index in [1.165, 1.54) is 17.0 Å². The summed E-state index contributed by atoms with van der Waals surface area (Å²) >= 11 is 0. The van der Waals surface area contributed by atoms with E-state index >= 15 is 0 Å². The van der Waals surface area contributed by atoms with Crippen molar-refractivity contribution in [2.45, 2.75) is 25.0 Å². The van der Waals surface area contributed by atoms with Crippen LogP contribution in [0.25, 0.3) is 0 Å². The molecule has 0 bridgehead atoms. The molecule has 1 saturated heterocycles. The lowest BCUT2D eigenvalue weighted by molar-refractivity contribution is -0.162. The Morgan fingerprint density at radius 3 is 2.48 bits per heavy atom. The Morgan fingerprint density at radius 1 is 1.11 bits per heavy atom. The van der Waals surface area contributed by atoms with Crippen LogP contribution in [-0.2, 0) is 11.4 Å². The second-order valence-corrected chi connectivity index (χ2v) is 6.58. The van der Waals surface area contributed by atoms with Gasteiger partial charge in [0.1, 0.15) is 18.2 Å². The second kappa shape index (κ2) is 7.75. The van der Waals surface area contributed by atoms with Crippen molar-refractivity contribution in [1.29, 1.82) is 0 Å². The maximum absolute atomic E-state index is 13.2. The standard InChI is InChI=1S/C20H20FNO5/c21-16-5-2-6-17(12-16)27-13-14-3-1-4-15(11-14)18(23)22-9-7-20(26,8-10-22)19(24)25/h1-6,11-12,26H,7-10,13H2,(H,24,25). The van der Waals surface area contributed by atoms with Crippen molar-refractivity contribution >= 4 is 11.9 Å². The Hall–Kier alpha value is -2.93. The number of hydrogen-bond acceptors (Lipinski definition) is 4. The molecule has 0 saturated carbocycles. The van der Waals surface area contributed by atoms with Crippen LogP contribution in [-0.4, -0.2) is 45.7 Å². The lowest BCUT2D eigenvalue weighted by atomic mass is 9.91. The summed E-state index contributed by atoms with van der Waals surface area (Å²) in [6, 6.07) is 12.7. The number of ether oxygens (including phenoxy) is 1. The number of aliphatic carboxylic acids is 1. The van der Waals surface area contributed by atoms with Crippen molar-refractivity contribution in [3.8, 4) is 5.75 Å². The van der Waals surface area contributed by atoms with Crippen molar-refractivity contribution in [2.24, 2.45) is 0 Å². The van der Waals surface area contributed by atoms with Gasteiger partial charge in [0.2, 0.25) is 0 Å². The Balaban J connectivity index is 1.63. The van der Waals surface area contributed by atoms with Gasteiger partial charge in [-0.2, -0.15) is 0 Å². The number of halogens is 1. The van der Waals surface area contributed by atoms with Crippen molar-refractivity contribution in [1.82, 2.24) is 4.90 Å². The zero-order valence-electron chi connectivity index (χ0n) is 14.6. The number of aliphatic hydroxyl groups is 1. The number of carboxylic acids is 1. The van der Waals surface area contributed by atoms with Crippen LogP contribution in [0.1, 0.15) is 28.8 Å². The quantitative estimate of drug-likeness (QED) is 0.841. The highest BCUT2D eigenvalue weighted by Gasteiger charge is 2.40. The second-order valence-electron chi connectivity index (χ2n) is 6.58. The number of carbonyl (C=O) groups excluding carboxylic acids is 1. The van der Waals surface area contributed by atoms with Gasteiger partial charge in [-0.15, -0.1) is 0 Å². The average Bonchev–Trinajstić information content (AvgIpc) is 2.67. The largest absolute Gasteiger partial charge is 0.489 e. The Morgan fingerprint density at radius 2 is 1.81 bits per heavy atom. The smallest absolute Gasteiger partial charge is 0.335 e. The van der Waals surface area contributed by atoms with E-state index < -0.39 is 11.6 Å². The number of rotatable bonds is 5. The first-order valence-electron chi connectivity index (χ1n) is 8.60. The number of hydrogen-bond donors (Lipinski definition) is 2. The van der Waals surface area contributed by atoms with Crippen LogP contribution in [0.3, 0.4) is 0 Å². The van der Waals surface area contributed by atoms with Crippen LogP contribution >= 0.6 is 0 Å². The van der Waals surface area contributed by atoms with Crippen molar-refractivity contribution in [3.05, 3.63) is 65.5 Å². The van der Waals surface area contributed by atoms with Gasteiger partial charge in [0.05, 0.1) is 0 Å². The minimum absolute atomic E-state index is 0.00353. The predicted molar refractivity (Wildman–Crippen MR) is 94.9 cm³/mol. The van der Waals surface area contributed by atoms with Gasteiger partial charge in [0, 0.05) is 37.6 Å². The number of amides is 1. The number of likely N-dealkylation sites (tertiary alicyclic amines) is 1. The predicted octanol–water partition coefficient (Wildman–Crippen LogP) is 2.46. The van der Waals surface area contributed by atoms with Gasteiger partial charge in [-0.1, -0.05) is 18.2 Å². The summed E-state index contributed by atoms with van der Waals surface area (Å²) in [5.74, 6) is -1.47. The maximum atomic E-state index is 13.2. The van der Waals surface area contributed by atoms with Crippen LogP contribution < -0.4 is 4.74 Å². The zero-order valence-corrected chi connectivity index (χ0v) is 14.6. The van der Waals surface area contributed by atoms with E-state index in [-0.39, 0.29) is 44.3 Å². The van der Waals surface area contributed by atoms with Gasteiger partial charge >= 0.3 is 5.97 Å². The fraction of sp³-hybridized carbons (Fsp3) is 0.300. The molecule has 1 aliphatic heterocycles. The summed E-state index contributed by atoms with van der Waals surface area (Å²) in [4.78, 5) is 25.3. The molecular formula is C20H20FNO5. The molecule has 0 aliphatic carbocycles. The van der Waals surface area contributed by atoms with Crippen LogP contribution in [0, 0.1) is 5.82 Å². The molecule has 142 valence electrons. The topological polar surface area (TPSA) is 87.1 Å². The maximum Gasteiger partial charge on any atom is 0.335 e. The molecule has 27 heavy (non-hydrogen) atoms. The van der Waals surface area contributed by atoms with Gasteiger partial charge in [-0.05, 0) is 29.8 Å². The minimum atomic E-state index is -1.77. The molecule has 1 fully saturated rings. The highest BCUT2D eigenvalue weighted by molar-refractivity contribution is 5.94. The van der Waals surface area contributed by atoms with E-state index in [0.717, 1.165) is 5.56 Å². The number of nitrogens with zero attached hydrogens (tertiary/aromatic N) is 1. The third kappa shape index (κ3) is 4.43. The SMILES string of the molecule is O=C(c1cccc(COc2cccc(F)c2)c1)N1CCC(O)(C(=O)O)CC1. The Labute approximate surface area is 155 Å². The van der Waals surface area contributed by atoms with Crippen LogP contribution in [0.5, 0.6) is 5.75 Å². The Bertz CT molecular complexity index is 846. The van der Waals surface area contributed by atoms with Gasteiger partial charge in [-0.25, -0.2) is 9.18 Å². The van der Waals surface area contributed by atoms with E-state index in [9.17, 15) is 19.1 Å². The fourth-order valence-electron chi connectivity index (χ4n) is 2.99. The van der Waals surface area contributed by atoms with Crippen LogP contribution in [0.4, 0.5) is 4.39 Å². The monoisotopic (exact) mass is 373 g/mol. The first kappa shape index (κ1) is 18.8. The Kier molecular flexibility index (Phi) is 5.41. The van der Waals surface area contributed by atoms with E-state index in [1.54, 1.807) is 36.4 Å². The molecule has 7 heteroatoms. The summed E-state index contributed by atoms with van der Waals surface area (Å²) in [7, 11) is 0. The average molecular weight is 373 g/mol. The molecule has 0 unspecified atom stereocenters. The van der Waals surface area contributed by atoms with Crippen LogP contribution in [0.15, 0.2) is 48.5 Å². The summed E-state index contributed by atoms with van der Waals surface area (Å²) in [6.07, 6.45) is -0.00705. The number of carbonyl (C=O) groups is 2. The molecular weight excluding hydrogens is 353 g/mol. The van der Waals surface area contributed by atoms with Crippen molar-refractivity contribution in [2.75, 3.05) is 13.1 Å². The molecule has 0 aromatic heterocycles. The summed E-state index contributed by atoms with van der Waals surface area (Å²) < 4.78 is 18.7. The molecule has 1 heterocycles. The van der Waals surface area contributed by atoms with Crippen LogP contribution in [0.2, 0.25) is 0 Å². The fourth-order valence-corrected chi connectivity index (χ4v) is 2.99.